The van der Waals surface area contributed by atoms with E-state index in [1.54, 1.807) is 0 Å². The summed E-state index contributed by atoms with van der Waals surface area (Å²) in [5.41, 5.74) is -0.507. The molecule has 1 rings (SSSR count). The van der Waals surface area contributed by atoms with Crippen LogP contribution >= 0.6 is 0 Å². The number of carboxylic acids is 1. The highest BCUT2D eigenvalue weighted by Crippen LogP contribution is 2.28. The molecule has 21 heavy (non-hydrogen) atoms. The molecule has 0 aromatic carbocycles. The van der Waals surface area contributed by atoms with Gasteiger partial charge in [0, 0.05) is 11.6 Å². The third kappa shape index (κ3) is 5.56. The van der Waals surface area contributed by atoms with Crippen LogP contribution in [-0.4, -0.2) is 40.1 Å². The molecule has 0 aromatic rings. The molecule has 0 radical (unpaired) electrons. The van der Waals surface area contributed by atoms with E-state index in [4.69, 9.17) is 5.11 Å². The minimum atomic E-state index is -0.981. The first-order chi connectivity index (χ1) is 9.75. The van der Waals surface area contributed by atoms with Crippen molar-refractivity contribution >= 4 is 12.0 Å². The highest BCUT2D eigenvalue weighted by molar-refractivity contribution is 5.81. The second-order valence-corrected chi connectivity index (χ2v) is 7.01. The van der Waals surface area contributed by atoms with Crippen LogP contribution in [0.15, 0.2) is 0 Å². The lowest BCUT2D eigenvalue weighted by Gasteiger charge is -2.37. The molecule has 0 heterocycles. The second kappa shape index (κ2) is 7.66. The zero-order valence-electron chi connectivity index (χ0n) is 13.8. The predicted octanol–water partition coefficient (Wildman–Crippen LogP) is 3.24. The molecule has 0 saturated heterocycles. The number of rotatable bonds is 5. The Kier molecular flexibility index (Phi) is 6.49. The van der Waals surface area contributed by atoms with Gasteiger partial charge in [-0.3, -0.25) is 4.79 Å². The first-order valence-electron chi connectivity index (χ1n) is 8.05. The Bertz CT molecular complexity index is 357. The van der Waals surface area contributed by atoms with Crippen molar-refractivity contribution in [2.75, 3.05) is 6.54 Å². The molecule has 5 heteroatoms. The average molecular weight is 298 g/mol. The second-order valence-electron chi connectivity index (χ2n) is 7.01. The summed E-state index contributed by atoms with van der Waals surface area (Å²) in [5.74, 6) is -0.454. The van der Waals surface area contributed by atoms with Crippen molar-refractivity contribution in [1.29, 1.82) is 0 Å². The average Bonchev–Trinajstić information content (AvgIpc) is 2.41. The zero-order valence-corrected chi connectivity index (χ0v) is 13.8. The lowest BCUT2D eigenvalue weighted by molar-refractivity contribution is -0.138. The highest BCUT2D eigenvalue weighted by atomic mass is 16.4. The number of hydrogen-bond acceptors (Lipinski definition) is 2. The van der Waals surface area contributed by atoms with Crippen LogP contribution in [-0.2, 0) is 4.79 Å². The molecule has 0 bridgehead atoms. The third-order valence-electron chi connectivity index (χ3n) is 4.32. The minimum absolute atomic E-state index is 0.149. The molecule has 0 aromatic heterocycles. The summed E-state index contributed by atoms with van der Waals surface area (Å²) >= 11 is 0. The number of carbonyl (C=O) groups is 2. The maximum atomic E-state index is 12.5. The Labute approximate surface area is 128 Å². The van der Waals surface area contributed by atoms with Gasteiger partial charge in [-0.2, -0.15) is 0 Å². The Morgan fingerprint density at radius 3 is 2.24 bits per heavy atom. The SMILES string of the molecule is CCC(NC(=O)N(CC(=O)O)C(C)(C)C)C1CCCCC1. The monoisotopic (exact) mass is 298 g/mol. The van der Waals surface area contributed by atoms with E-state index in [1.165, 1.54) is 24.2 Å². The maximum absolute atomic E-state index is 12.5. The van der Waals surface area contributed by atoms with Crippen LogP contribution in [0.2, 0.25) is 0 Å². The van der Waals surface area contributed by atoms with Gasteiger partial charge in [-0.1, -0.05) is 26.2 Å². The number of urea groups is 1. The maximum Gasteiger partial charge on any atom is 0.323 e. The van der Waals surface area contributed by atoms with Crippen LogP contribution in [0.25, 0.3) is 0 Å². The lowest BCUT2D eigenvalue weighted by atomic mass is 9.83. The summed E-state index contributed by atoms with van der Waals surface area (Å²) in [6.07, 6.45) is 6.96. The van der Waals surface area contributed by atoms with Crippen LogP contribution in [0, 0.1) is 5.92 Å². The molecule has 1 fully saturated rings. The minimum Gasteiger partial charge on any atom is -0.480 e. The molecule has 5 nitrogen and oxygen atoms in total. The summed E-state index contributed by atoms with van der Waals surface area (Å²) in [5, 5.41) is 12.1. The lowest BCUT2D eigenvalue weighted by Crippen LogP contribution is -2.55. The van der Waals surface area contributed by atoms with E-state index >= 15 is 0 Å². The van der Waals surface area contributed by atoms with Crippen LogP contribution in [0.4, 0.5) is 4.79 Å². The van der Waals surface area contributed by atoms with Gasteiger partial charge >= 0.3 is 12.0 Å². The summed E-state index contributed by atoms with van der Waals surface area (Å²) in [6.45, 7) is 7.39. The molecule has 1 aliphatic carbocycles. The summed E-state index contributed by atoms with van der Waals surface area (Å²) in [4.78, 5) is 24.9. The van der Waals surface area contributed by atoms with Gasteiger partial charge in [0.15, 0.2) is 0 Å². The van der Waals surface area contributed by atoms with E-state index in [0.29, 0.717) is 5.92 Å². The fourth-order valence-corrected chi connectivity index (χ4v) is 3.08. The number of amides is 2. The predicted molar refractivity (Wildman–Crippen MR) is 83.3 cm³/mol. The largest absolute Gasteiger partial charge is 0.480 e. The van der Waals surface area contributed by atoms with Crippen molar-refractivity contribution in [1.82, 2.24) is 10.2 Å². The van der Waals surface area contributed by atoms with E-state index in [2.05, 4.69) is 12.2 Å². The number of hydrogen-bond donors (Lipinski definition) is 2. The van der Waals surface area contributed by atoms with Crippen molar-refractivity contribution in [3.63, 3.8) is 0 Å². The van der Waals surface area contributed by atoms with E-state index in [-0.39, 0.29) is 18.6 Å². The molecule has 0 aliphatic heterocycles. The molecule has 0 spiro atoms. The van der Waals surface area contributed by atoms with Crippen molar-refractivity contribution in [2.24, 2.45) is 5.92 Å². The Morgan fingerprint density at radius 1 is 1.24 bits per heavy atom. The quantitative estimate of drug-likeness (QED) is 0.818. The number of carbonyl (C=O) groups excluding carboxylic acids is 1. The van der Waals surface area contributed by atoms with Gasteiger partial charge in [0.05, 0.1) is 0 Å². The molecule has 2 amide bonds. The Hall–Kier alpha value is -1.26. The van der Waals surface area contributed by atoms with E-state index < -0.39 is 11.5 Å². The first-order valence-corrected chi connectivity index (χ1v) is 8.05. The number of aliphatic carboxylic acids is 1. The summed E-state index contributed by atoms with van der Waals surface area (Å²) in [6, 6.07) is -0.112. The number of nitrogens with zero attached hydrogens (tertiary/aromatic N) is 1. The normalized spacial score (nSPS) is 18.1. The standard InChI is InChI=1S/C16H30N2O3/c1-5-13(12-9-7-6-8-10-12)17-15(21)18(11-14(19)20)16(2,3)4/h12-13H,5-11H2,1-4H3,(H,17,21)(H,19,20). The van der Waals surface area contributed by atoms with Crippen LogP contribution in [0.3, 0.4) is 0 Å². The third-order valence-corrected chi connectivity index (χ3v) is 4.32. The van der Waals surface area contributed by atoms with E-state index in [9.17, 15) is 9.59 Å². The van der Waals surface area contributed by atoms with E-state index in [1.807, 2.05) is 20.8 Å². The molecular weight excluding hydrogens is 268 g/mol. The summed E-state index contributed by atoms with van der Waals surface area (Å²) < 4.78 is 0. The van der Waals surface area contributed by atoms with Crippen LogP contribution in [0.5, 0.6) is 0 Å². The van der Waals surface area contributed by atoms with Gasteiger partial charge in [0.2, 0.25) is 0 Å². The smallest absolute Gasteiger partial charge is 0.323 e. The van der Waals surface area contributed by atoms with Gasteiger partial charge in [-0.25, -0.2) is 4.79 Å². The Morgan fingerprint density at radius 2 is 1.81 bits per heavy atom. The van der Waals surface area contributed by atoms with E-state index in [0.717, 1.165) is 19.3 Å². The fourth-order valence-electron chi connectivity index (χ4n) is 3.08. The topological polar surface area (TPSA) is 69.6 Å². The highest BCUT2D eigenvalue weighted by Gasteiger charge is 2.31. The van der Waals surface area contributed by atoms with Gasteiger partial charge in [0.25, 0.3) is 0 Å². The van der Waals surface area contributed by atoms with Crippen molar-refractivity contribution in [2.45, 2.75) is 77.8 Å². The van der Waals surface area contributed by atoms with Gasteiger partial charge in [-0.05, 0) is 46.0 Å². The molecule has 1 aliphatic rings. The molecular formula is C16H30N2O3. The fraction of sp³-hybridized carbons (Fsp3) is 0.875. The van der Waals surface area contributed by atoms with Crippen LogP contribution < -0.4 is 5.32 Å². The zero-order chi connectivity index (χ0) is 16.0. The van der Waals surface area contributed by atoms with Crippen molar-refractivity contribution in [3.8, 4) is 0 Å². The molecule has 1 unspecified atom stereocenters. The van der Waals surface area contributed by atoms with Gasteiger partial charge < -0.3 is 15.3 Å². The van der Waals surface area contributed by atoms with Gasteiger partial charge in [-0.15, -0.1) is 0 Å². The first kappa shape index (κ1) is 17.8. The Balaban J connectivity index is 2.71. The molecule has 1 atom stereocenters. The summed E-state index contributed by atoms with van der Waals surface area (Å²) in [7, 11) is 0. The van der Waals surface area contributed by atoms with Crippen molar-refractivity contribution < 1.29 is 14.7 Å². The molecule has 2 N–H and O–H groups in total. The van der Waals surface area contributed by atoms with Crippen LogP contribution in [0.1, 0.15) is 66.2 Å². The molecule has 122 valence electrons. The van der Waals surface area contributed by atoms with Crippen molar-refractivity contribution in [3.05, 3.63) is 0 Å². The number of nitrogens with one attached hydrogen (secondary N) is 1. The number of carboxylic acid groups (broad SMARTS) is 1. The molecule has 1 saturated carbocycles. The van der Waals surface area contributed by atoms with Gasteiger partial charge in [0.1, 0.15) is 6.54 Å².